The van der Waals surface area contributed by atoms with Crippen LogP contribution in [-0.2, 0) is 11.3 Å². The number of nitrogens with one attached hydrogen (secondary N) is 2. The summed E-state index contributed by atoms with van der Waals surface area (Å²) < 4.78 is 11.8. The molecule has 2 unspecified atom stereocenters. The number of nitrogens with zero attached hydrogens (tertiary/aromatic N) is 3. The highest BCUT2D eigenvalue weighted by molar-refractivity contribution is 14.0. The molecule has 0 radical (unpaired) electrons. The van der Waals surface area contributed by atoms with Gasteiger partial charge in [-0.05, 0) is 52.4 Å². The highest BCUT2D eigenvalue weighted by atomic mass is 127. The molecule has 7 nitrogen and oxygen atoms in total. The second-order valence-electron chi connectivity index (χ2n) is 8.53. The molecular formula is C23H40IN5O2. The summed E-state index contributed by atoms with van der Waals surface area (Å²) in [4.78, 5) is 9.65. The van der Waals surface area contributed by atoms with Crippen molar-refractivity contribution < 1.29 is 9.47 Å². The average Bonchev–Trinajstić information content (AvgIpc) is 3.25. The van der Waals surface area contributed by atoms with E-state index in [1.807, 2.05) is 0 Å². The topological polar surface area (TPSA) is 61.4 Å². The van der Waals surface area contributed by atoms with Crippen molar-refractivity contribution in [1.29, 1.82) is 0 Å². The van der Waals surface area contributed by atoms with Gasteiger partial charge in [0.2, 0.25) is 0 Å². The standard InChI is InChI=1S/C23H39N5O2.HI/c1-5-24-23(26-15-20-16-27(3)10-11-28(20)4)25-14-19-9-8-18(2)13-22(19)30-17-21-7-6-12-29-21;/h8-9,13,20-21H,5-7,10-12,14-17H2,1-4H3,(H2,24,25,26);1H. The van der Waals surface area contributed by atoms with Crippen LogP contribution in [0.2, 0.25) is 0 Å². The molecule has 2 aliphatic rings. The van der Waals surface area contributed by atoms with E-state index in [0.717, 1.165) is 69.4 Å². The van der Waals surface area contributed by atoms with E-state index in [0.29, 0.717) is 19.2 Å². The van der Waals surface area contributed by atoms with Crippen molar-refractivity contribution in [2.45, 2.75) is 45.4 Å². The Morgan fingerprint density at radius 2 is 2.10 bits per heavy atom. The lowest BCUT2D eigenvalue weighted by atomic mass is 10.1. The SMILES string of the molecule is CCNC(=NCc1ccc(C)cc1OCC1CCCO1)NCC1CN(C)CCN1C.I. The third-order valence-corrected chi connectivity index (χ3v) is 5.91. The van der Waals surface area contributed by atoms with Gasteiger partial charge in [-0.3, -0.25) is 4.90 Å². The molecule has 2 aliphatic heterocycles. The number of ether oxygens (including phenoxy) is 2. The van der Waals surface area contributed by atoms with Crippen LogP contribution < -0.4 is 15.4 Å². The summed E-state index contributed by atoms with van der Waals surface area (Å²) in [5, 5.41) is 6.90. The molecule has 1 aromatic carbocycles. The third kappa shape index (κ3) is 8.40. The van der Waals surface area contributed by atoms with E-state index in [2.05, 4.69) is 66.6 Å². The largest absolute Gasteiger partial charge is 0.491 e. The summed E-state index contributed by atoms with van der Waals surface area (Å²) in [7, 11) is 4.39. The van der Waals surface area contributed by atoms with Crippen molar-refractivity contribution in [1.82, 2.24) is 20.4 Å². The molecule has 2 N–H and O–H groups in total. The fourth-order valence-electron chi connectivity index (χ4n) is 3.93. The Balaban J connectivity index is 0.00000341. The van der Waals surface area contributed by atoms with E-state index in [-0.39, 0.29) is 30.1 Å². The van der Waals surface area contributed by atoms with E-state index in [1.54, 1.807) is 0 Å². The first-order valence-corrected chi connectivity index (χ1v) is 11.3. The van der Waals surface area contributed by atoms with Crippen LogP contribution in [0.5, 0.6) is 5.75 Å². The van der Waals surface area contributed by atoms with Gasteiger partial charge in [-0.15, -0.1) is 24.0 Å². The lowest BCUT2D eigenvalue weighted by Crippen LogP contribution is -2.55. The summed E-state index contributed by atoms with van der Waals surface area (Å²) in [5.41, 5.74) is 2.30. The van der Waals surface area contributed by atoms with Gasteiger partial charge in [0, 0.05) is 50.9 Å². The lowest BCUT2D eigenvalue weighted by molar-refractivity contribution is 0.0676. The van der Waals surface area contributed by atoms with Crippen molar-refractivity contribution in [2.24, 2.45) is 4.99 Å². The second kappa shape index (κ2) is 13.4. The molecule has 31 heavy (non-hydrogen) atoms. The number of benzene rings is 1. The van der Waals surface area contributed by atoms with Gasteiger partial charge in [0.05, 0.1) is 12.6 Å². The Bertz CT molecular complexity index is 697. The maximum atomic E-state index is 6.13. The normalized spacial score (nSPS) is 22.8. The van der Waals surface area contributed by atoms with Crippen LogP contribution in [0.4, 0.5) is 0 Å². The van der Waals surface area contributed by atoms with Crippen molar-refractivity contribution in [3.63, 3.8) is 0 Å². The maximum Gasteiger partial charge on any atom is 0.191 e. The Labute approximate surface area is 205 Å². The maximum absolute atomic E-state index is 6.13. The van der Waals surface area contributed by atoms with Gasteiger partial charge in [-0.25, -0.2) is 4.99 Å². The van der Waals surface area contributed by atoms with Crippen molar-refractivity contribution in [3.05, 3.63) is 29.3 Å². The van der Waals surface area contributed by atoms with Crippen LogP contribution in [0, 0.1) is 6.92 Å². The molecular weight excluding hydrogens is 505 g/mol. The summed E-state index contributed by atoms with van der Waals surface area (Å²) in [6.45, 7) is 11.2. The van der Waals surface area contributed by atoms with Crippen LogP contribution >= 0.6 is 24.0 Å². The molecule has 0 spiro atoms. The molecule has 2 fully saturated rings. The van der Waals surface area contributed by atoms with Gasteiger partial charge in [0.1, 0.15) is 12.4 Å². The molecule has 2 atom stereocenters. The predicted molar refractivity (Wildman–Crippen MR) is 138 cm³/mol. The van der Waals surface area contributed by atoms with Gasteiger partial charge in [-0.2, -0.15) is 0 Å². The zero-order valence-electron chi connectivity index (χ0n) is 19.5. The number of halogens is 1. The molecule has 3 rings (SSSR count). The zero-order valence-corrected chi connectivity index (χ0v) is 21.9. The zero-order chi connectivity index (χ0) is 21.3. The number of guanidine groups is 1. The second-order valence-corrected chi connectivity index (χ2v) is 8.53. The molecule has 0 bridgehead atoms. The van der Waals surface area contributed by atoms with Crippen LogP contribution in [0.25, 0.3) is 0 Å². The number of piperazine rings is 1. The van der Waals surface area contributed by atoms with E-state index in [4.69, 9.17) is 14.5 Å². The third-order valence-electron chi connectivity index (χ3n) is 5.91. The Kier molecular flexibility index (Phi) is 11.3. The highest BCUT2D eigenvalue weighted by Crippen LogP contribution is 2.23. The summed E-state index contributed by atoms with van der Waals surface area (Å²) in [6, 6.07) is 6.83. The molecule has 1 aromatic rings. The average molecular weight is 546 g/mol. The van der Waals surface area contributed by atoms with Crippen LogP contribution in [-0.4, -0.2) is 87.9 Å². The summed E-state index contributed by atoms with van der Waals surface area (Å²) in [5.74, 6) is 1.77. The van der Waals surface area contributed by atoms with Crippen molar-refractivity contribution in [2.75, 3.05) is 60.0 Å². The number of hydrogen-bond donors (Lipinski definition) is 2. The van der Waals surface area contributed by atoms with E-state index < -0.39 is 0 Å². The fourth-order valence-corrected chi connectivity index (χ4v) is 3.93. The number of likely N-dealkylation sites (N-methyl/N-ethyl adjacent to an activating group) is 2. The van der Waals surface area contributed by atoms with Crippen LogP contribution in [0.15, 0.2) is 23.2 Å². The quantitative estimate of drug-likeness (QED) is 0.298. The van der Waals surface area contributed by atoms with Gasteiger partial charge in [-0.1, -0.05) is 12.1 Å². The fraction of sp³-hybridized carbons (Fsp3) is 0.696. The first kappa shape index (κ1) is 26.2. The Morgan fingerprint density at radius 3 is 2.84 bits per heavy atom. The lowest BCUT2D eigenvalue weighted by Gasteiger charge is -2.37. The number of aliphatic imine (C=N–C) groups is 1. The Morgan fingerprint density at radius 1 is 1.26 bits per heavy atom. The highest BCUT2D eigenvalue weighted by Gasteiger charge is 2.22. The monoisotopic (exact) mass is 545 g/mol. The summed E-state index contributed by atoms with van der Waals surface area (Å²) in [6.07, 6.45) is 2.42. The molecule has 2 saturated heterocycles. The van der Waals surface area contributed by atoms with Crippen LogP contribution in [0.1, 0.15) is 30.9 Å². The molecule has 0 amide bonds. The van der Waals surface area contributed by atoms with Gasteiger partial charge >= 0.3 is 0 Å². The van der Waals surface area contributed by atoms with Gasteiger partial charge in [0.25, 0.3) is 0 Å². The molecule has 8 heteroatoms. The predicted octanol–water partition coefficient (Wildman–Crippen LogP) is 2.47. The first-order chi connectivity index (χ1) is 14.5. The minimum atomic E-state index is 0. The van der Waals surface area contributed by atoms with Gasteiger partial charge < -0.3 is 25.0 Å². The molecule has 0 aromatic heterocycles. The number of rotatable bonds is 8. The van der Waals surface area contributed by atoms with Crippen molar-refractivity contribution >= 4 is 29.9 Å². The Hall–Kier alpha value is -1.10. The number of hydrogen-bond acceptors (Lipinski definition) is 5. The van der Waals surface area contributed by atoms with Crippen molar-refractivity contribution in [3.8, 4) is 5.75 Å². The van der Waals surface area contributed by atoms with E-state index >= 15 is 0 Å². The first-order valence-electron chi connectivity index (χ1n) is 11.3. The van der Waals surface area contributed by atoms with Gasteiger partial charge in [0.15, 0.2) is 5.96 Å². The van der Waals surface area contributed by atoms with E-state index in [1.165, 1.54) is 5.56 Å². The summed E-state index contributed by atoms with van der Waals surface area (Å²) >= 11 is 0. The molecule has 2 heterocycles. The minimum absolute atomic E-state index is 0. The van der Waals surface area contributed by atoms with E-state index in [9.17, 15) is 0 Å². The number of aryl methyl sites for hydroxylation is 1. The molecule has 176 valence electrons. The molecule has 0 saturated carbocycles. The minimum Gasteiger partial charge on any atom is -0.491 e. The smallest absolute Gasteiger partial charge is 0.191 e. The molecule has 0 aliphatic carbocycles. The van der Waals surface area contributed by atoms with Crippen LogP contribution in [0.3, 0.4) is 0 Å².